The Bertz CT molecular complexity index is 486. The minimum Gasteiger partial charge on any atom is -0.381 e. The summed E-state index contributed by atoms with van der Waals surface area (Å²) in [6.07, 6.45) is 0. The van der Waals surface area contributed by atoms with Crippen molar-refractivity contribution in [3.05, 3.63) is 29.3 Å². The predicted molar refractivity (Wildman–Crippen MR) is 73.0 cm³/mol. The van der Waals surface area contributed by atoms with Crippen molar-refractivity contribution in [2.75, 3.05) is 23.7 Å². The molecule has 0 spiro atoms. The number of hydrogen-bond acceptors (Lipinski definition) is 4. The van der Waals surface area contributed by atoms with Gasteiger partial charge in [-0.2, -0.15) is 0 Å². The Morgan fingerprint density at radius 1 is 1.39 bits per heavy atom. The minimum absolute atomic E-state index is 0.0568. The molecule has 102 valence electrons. The van der Waals surface area contributed by atoms with Crippen molar-refractivity contribution >= 4 is 15.7 Å². The number of sulfonamides is 1. The van der Waals surface area contributed by atoms with Crippen molar-refractivity contribution in [1.82, 2.24) is 0 Å². The van der Waals surface area contributed by atoms with Gasteiger partial charge in [0.05, 0.1) is 18.0 Å². The smallest absolute Gasteiger partial charge is 0.235 e. The van der Waals surface area contributed by atoms with Gasteiger partial charge >= 0.3 is 0 Å². The second kappa shape index (κ2) is 6.72. The van der Waals surface area contributed by atoms with Crippen LogP contribution in [-0.2, 0) is 21.3 Å². The molecular weight excluding hydrogens is 252 g/mol. The number of hydrogen-bond donors (Lipinski definition) is 2. The highest BCUT2D eigenvalue weighted by Crippen LogP contribution is 2.20. The minimum atomic E-state index is -3.39. The zero-order chi connectivity index (χ0) is 13.6. The Morgan fingerprint density at radius 3 is 2.72 bits per heavy atom. The van der Waals surface area contributed by atoms with E-state index in [1.807, 2.05) is 19.9 Å². The summed E-state index contributed by atoms with van der Waals surface area (Å²) < 4.78 is 31.2. The van der Waals surface area contributed by atoms with E-state index in [1.54, 1.807) is 12.1 Å². The van der Waals surface area contributed by atoms with E-state index in [0.29, 0.717) is 18.8 Å². The van der Waals surface area contributed by atoms with E-state index in [0.717, 1.165) is 11.1 Å². The highest BCUT2D eigenvalue weighted by molar-refractivity contribution is 7.92. The standard InChI is InChI=1S/C12H20N2O3S/c1-3-17-7-8-18(15,16)14-12-6-4-5-10(2)11(12)9-13/h4-6,14H,3,7-9,13H2,1-2H3. The Balaban J connectivity index is 2.81. The van der Waals surface area contributed by atoms with Crippen molar-refractivity contribution in [3.8, 4) is 0 Å². The van der Waals surface area contributed by atoms with E-state index in [-0.39, 0.29) is 12.4 Å². The lowest BCUT2D eigenvalue weighted by Gasteiger charge is -2.13. The zero-order valence-corrected chi connectivity index (χ0v) is 11.6. The van der Waals surface area contributed by atoms with Crippen LogP contribution in [0, 0.1) is 6.92 Å². The second-order valence-corrected chi connectivity index (χ2v) is 5.76. The van der Waals surface area contributed by atoms with Gasteiger partial charge in [-0.3, -0.25) is 4.72 Å². The van der Waals surface area contributed by atoms with Crippen LogP contribution in [0.1, 0.15) is 18.1 Å². The molecule has 0 aromatic heterocycles. The Hall–Kier alpha value is -1.11. The molecule has 0 aliphatic heterocycles. The summed E-state index contributed by atoms with van der Waals surface area (Å²) in [5.74, 6) is -0.0568. The molecule has 0 heterocycles. The topological polar surface area (TPSA) is 81.4 Å². The Morgan fingerprint density at radius 2 is 2.11 bits per heavy atom. The maximum Gasteiger partial charge on any atom is 0.235 e. The monoisotopic (exact) mass is 272 g/mol. The van der Waals surface area contributed by atoms with Gasteiger partial charge in [-0.25, -0.2) is 8.42 Å². The van der Waals surface area contributed by atoms with Gasteiger partial charge in [-0.05, 0) is 31.0 Å². The van der Waals surface area contributed by atoms with Gasteiger partial charge in [0.2, 0.25) is 10.0 Å². The quantitative estimate of drug-likeness (QED) is 0.732. The van der Waals surface area contributed by atoms with E-state index in [1.165, 1.54) is 0 Å². The second-order valence-electron chi connectivity index (χ2n) is 3.92. The molecule has 1 aromatic carbocycles. The first-order valence-electron chi connectivity index (χ1n) is 5.87. The fourth-order valence-electron chi connectivity index (χ4n) is 1.60. The molecule has 0 atom stereocenters. The number of nitrogens with one attached hydrogen (secondary N) is 1. The molecular formula is C12H20N2O3S. The van der Waals surface area contributed by atoms with E-state index in [2.05, 4.69) is 4.72 Å². The summed E-state index contributed by atoms with van der Waals surface area (Å²) in [5, 5.41) is 0. The van der Waals surface area contributed by atoms with Crippen LogP contribution in [0.5, 0.6) is 0 Å². The molecule has 5 nitrogen and oxygen atoms in total. The van der Waals surface area contributed by atoms with Crippen molar-refractivity contribution in [1.29, 1.82) is 0 Å². The van der Waals surface area contributed by atoms with E-state index in [4.69, 9.17) is 10.5 Å². The summed E-state index contributed by atoms with van der Waals surface area (Å²) in [6.45, 7) is 4.73. The first kappa shape index (κ1) is 14.9. The van der Waals surface area contributed by atoms with Crippen LogP contribution in [0.3, 0.4) is 0 Å². The molecule has 0 aliphatic carbocycles. The highest BCUT2D eigenvalue weighted by atomic mass is 32.2. The number of nitrogens with two attached hydrogens (primary N) is 1. The summed E-state index contributed by atoms with van der Waals surface area (Å²) in [7, 11) is -3.39. The Labute approximate surface area is 108 Å². The number of anilines is 1. The van der Waals surface area contributed by atoms with Crippen LogP contribution < -0.4 is 10.5 Å². The third kappa shape index (κ3) is 4.29. The first-order valence-corrected chi connectivity index (χ1v) is 7.52. The molecule has 0 fully saturated rings. The highest BCUT2D eigenvalue weighted by Gasteiger charge is 2.13. The average molecular weight is 272 g/mol. The van der Waals surface area contributed by atoms with E-state index < -0.39 is 10.0 Å². The van der Waals surface area contributed by atoms with Crippen LogP contribution in [0.25, 0.3) is 0 Å². The number of ether oxygens (including phenoxy) is 1. The van der Waals surface area contributed by atoms with Gasteiger partial charge in [0.1, 0.15) is 0 Å². The van der Waals surface area contributed by atoms with Crippen LogP contribution >= 0.6 is 0 Å². The van der Waals surface area contributed by atoms with Gasteiger partial charge in [-0.1, -0.05) is 12.1 Å². The molecule has 1 aromatic rings. The van der Waals surface area contributed by atoms with Gasteiger partial charge in [0.25, 0.3) is 0 Å². The largest absolute Gasteiger partial charge is 0.381 e. The average Bonchev–Trinajstić information content (AvgIpc) is 2.29. The summed E-state index contributed by atoms with van der Waals surface area (Å²) >= 11 is 0. The van der Waals surface area contributed by atoms with E-state index >= 15 is 0 Å². The lowest BCUT2D eigenvalue weighted by molar-refractivity contribution is 0.163. The van der Waals surface area contributed by atoms with Crippen molar-refractivity contribution in [3.63, 3.8) is 0 Å². The molecule has 0 amide bonds. The van der Waals surface area contributed by atoms with Gasteiger partial charge in [0.15, 0.2) is 0 Å². The number of rotatable bonds is 7. The van der Waals surface area contributed by atoms with E-state index in [9.17, 15) is 8.42 Å². The summed E-state index contributed by atoms with van der Waals surface area (Å²) in [6, 6.07) is 5.42. The van der Waals surface area contributed by atoms with Crippen LogP contribution in [0.2, 0.25) is 0 Å². The van der Waals surface area contributed by atoms with Crippen LogP contribution in [0.4, 0.5) is 5.69 Å². The summed E-state index contributed by atoms with van der Waals surface area (Å²) in [5.41, 5.74) is 7.97. The molecule has 3 N–H and O–H groups in total. The molecule has 0 saturated carbocycles. The molecule has 0 unspecified atom stereocenters. The summed E-state index contributed by atoms with van der Waals surface area (Å²) in [4.78, 5) is 0. The fraction of sp³-hybridized carbons (Fsp3) is 0.500. The number of benzene rings is 1. The zero-order valence-electron chi connectivity index (χ0n) is 10.8. The Kier molecular flexibility index (Phi) is 5.58. The first-order chi connectivity index (χ1) is 8.50. The molecule has 0 saturated heterocycles. The van der Waals surface area contributed by atoms with Crippen molar-refractivity contribution in [2.24, 2.45) is 5.73 Å². The molecule has 0 aliphatic rings. The maximum absolute atomic E-state index is 11.8. The molecule has 0 radical (unpaired) electrons. The number of aryl methyl sites for hydroxylation is 1. The van der Waals surface area contributed by atoms with Crippen LogP contribution in [-0.4, -0.2) is 27.4 Å². The van der Waals surface area contributed by atoms with Gasteiger partial charge in [0, 0.05) is 13.2 Å². The van der Waals surface area contributed by atoms with Gasteiger partial charge in [-0.15, -0.1) is 0 Å². The lowest BCUT2D eigenvalue weighted by atomic mass is 10.1. The molecule has 1 rings (SSSR count). The van der Waals surface area contributed by atoms with Gasteiger partial charge < -0.3 is 10.5 Å². The maximum atomic E-state index is 11.8. The predicted octanol–water partition coefficient (Wildman–Crippen LogP) is 1.23. The van der Waals surface area contributed by atoms with Crippen molar-refractivity contribution < 1.29 is 13.2 Å². The molecule has 18 heavy (non-hydrogen) atoms. The third-order valence-corrected chi connectivity index (χ3v) is 3.82. The fourth-order valence-corrected chi connectivity index (χ4v) is 2.57. The van der Waals surface area contributed by atoms with Crippen molar-refractivity contribution in [2.45, 2.75) is 20.4 Å². The molecule has 0 bridgehead atoms. The van der Waals surface area contributed by atoms with Crippen LogP contribution in [0.15, 0.2) is 18.2 Å². The normalized spacial score (nSPS) is 11.5. The third-order valence-electron chi connectivity index (χ3n) is 2.58. The molecule has 6 heteroatoms. The SMILES string of the molecule is CCOCCS(=O)(=O)Nc1cccc(C)c1CN. The lowest BCUT2D eigenvalue weighted by Crippen LogP contribution is -2.21.